The number of aryl methyl sites for hydroxylation is 2. The minimum absolute atomic E-state index is 0.0923. The second-order valence-corrected chi connectivity index (χ2v) is 8.05. The zero-order valence-electron chi connectivity index (χ0n) is 16.3. The molecule has 6 heteroatoms. The molecule has 0 heterocycles. The minimum atomic E-state index is -0.248. The highest BCUT2D eigenvalue weighted by molar-refractivity contribution is 9.10. The Bertz CT molecular complexity index is 1020. The van der Waals surface area contributed by atoms with Crippen LogP contribution in [0.15, 0.2) is 65.1 Å². The van der Waals surface area contributed by atoms with Gasteiger partial charge in [-0.15, -0.1) is 0 Å². The van der Waals surface area contributed by atoms with E-state index in [2.05, 4.69) is 45.6 Å². The van der Waals surface area contributed by atoms with Crippen LogP contribution in [0.25, 0.3) is 0 Å². The summed E-state index contributed by atoms with van der Waals surface area (Å²) in [5, 5.41) is 6.79. The fraction of sp³-hybridized carbons (Fsp3) is 0.174. The number of benzene rings is 3. The lowest BCUT2D eigenvalue weighted by atomic mass is 10.2. The Morgan fingerprint density at radius 3 is 2.59 bits per heavy atom. The number of amides is 1. The van der Waals surface area contributed by atoms with Gasteiger partial charge in [0.2, 0.25) is 0 Å². The van der Waals surface area contributed by atoms with Gasteiger partial charge < -0.3 is 15.4 Å². The molecule has 0 spiro atoms. The Morgan fingerprint density at radius 1 is 1.03 bits per heavy atom. The molecule has 150 valence electrons. The van der Waals surface area contributed by atoms with E-state index in [4.69, 9.17) is 16.3 Å². The summed E-state index contributed by atoms with van der Waals surface area (Å²) < 4.78 is 6.44. The van der Waals surface area contributed by atoms with Gasteiger partial charge in [-0.3, -0.25) is 4.79 Å². The molecule has 0 unspecified atom stereocenters. The van der Waals surface area contributed by atoms with Gasteiger partial charge in [-0.25, -0.2) is 0 Å². The molecule has 29 heavy (non-hydrogen) atoms. The molecule has 0 saturated heterocycles. The molecule has 0 atom stereocenters. The van der Waals surface area contributed by atoms with E-state index in [9.17, 15) is 4.79 Å². The van der Waals surface area contributed by atoms with E-state index in [-0.39, 0.29) is 12.5 Å². The number of hydrogen-bond donors (Lipinski definition) is 2. The lowest BCUT2D eigenvalue weighted by molar-refractivity contribution is -0.118. The highest BCUT2D eigenvalue weighted by Crippen LogP contribution is 2.27. The number of carbonyl (C=O) groups is 1. The van der Waals surface area contributed by atoms with Crippen molar-refractivity contribution in [3.63, 3.8) is 0 Å². The lowest BCUT2D eigenvalue weighted by Gasteiger charge is -2.12. The van der Waals surface area contributed by atoms with E-state index in [0.717, 1.165) is 21.3 Å². The van der Waals surface area contributed by atoms with Crippen molar-refractivity contribution in [3.05, 3.63) is 86.8 Å². The van der Waals surface area contributed by atoms with E-state index in [1.54, 1.807) is 6.07 Å². The van der Waals surface area contributed by atoms with Crippen molar-refractivity contribution in [2.75, 3.05) is 17.2 Å². The summed E-state index contributed by atoms with van der Waals surface area (Å²) in [6.07, 6.45) is 0. The van der Waals surface area contributed by atoms with E-state index in [1.807, 2.05) is 49.4 Å². The monoisotopic (exact) mass is 472 g/mol. The summed E-state index contributed by atoms with van der Waals surface area (Å²) in [6, 6.07) is 19.4. The van der Waals surface area contributed by atoms with Crippen molar-refractivity contribution in [1.82, 2.24) is 0 Å². The van der Waals surface area contributed by atoms with Crippen LogP contribution in [0.1, 0.15) is 16.7 Å². The quantitative estimate of drug-likeness (QED) is 0.420. The molecule has 0 fully saturated rings. The molecule has 0 bridgehead atoms. The van der Waals surface area contributed by atoms with Crippen LogP contribution in [-0.2, 0) is 11.3 Å². The smallest absolute Gasteiger partial charge is 0.262 e. The molecule has 3 aromatic carbocycles. The number of ether oxygens (including phenoxy) is 1. The normalized spacial score (nSPS) is 10.5. The first-order chi connectivity index (χ1) is 13.9. The van der Waals surface area contributed by atoms with Crippen molar-refractivity contribution in [2.24, 2.45) is 0 Å². The average Bonchev–Trinajstić information content (AvgIpc) is 2.68. The van der Waals surface area contributed by atoms with Gasteiger partial charge in [0.05, 0.1) is 4.47 Å². The van der Waals surface area contributed by atoms with Gasteiger partial charge in [0, 0.05) is 22.9 Å². The van der Waals surface area contributed by atoms with Gasteiger partial charge in [-0.05, 0) is 82.9 Å². The molecule has 0 aliphatic rings. The Kier molecular flexibility index (Phi) is 7.18. The van der Waals surface area contributed by atoms with E-state index >= 15 is 0 Å². The van der Waals surface area contributed by atoms with Crippen molar-refractivity contribution in [3.8, 4) is 5.75 Å². The molecular weight excluding hydrogens is 452 g/mol. The van der Waals surface area contributed by atoms with Gasteiger partial charge in [0.25, 0.3) is 5.91 Å². The maximum atomic E-state index is 12.1. The number of halogens is 2. The fourth-order valence-corrected chi connectivity index (χ4v) is 3.46. The third-order valence-corrected chi connectivity index (χ3v) is 5.35. The Hall–Kier alpha value is -2.50. The summed E-state index contributed by atoms with van der Waals surface area (Å²) in [5.74, 6) is 0.364. The Morgan fingerprint density at radius 2 is 1.86 bits per heavy atom. The zero-order chi connectivity index (χ0) is 20.8. The van der Waals surface area contributed by atoms with Gasteiger partial charge in [0.15, 0.2) is 6.61 Å². The number of anilines is 2. The highest BCUT2D eigenvalue weighted by atomic mass is 79.9. The van der Waals surface area contributed by atoms with Crippen molar-refractivity contribution >= 4 is 44.8 Å². The topological polar surface area (TPSA) is 50.4 Å². The number of hydrogen-bond acceptors (Lipinski definition) is 3. The molecular formula is C23H22BrClN2O2. The first kappa shape index (κ1) is 21.2. The molecule has 3 rings (SSSR count). The summed E-state index contributed by atoms with van der Waals surface area (Å²) in [4.78, 5) is 12.1. The van der Waals surface area contributed by atoms with Crippen LogP contribution in [0.3, 0.4) is 0 Å². The van der Waals surface area contributed by atoms with Gasteiger partial charge in [-0.1, -0.05) is 35.9 Å². The van der Waals surface area contributed by atoms with Crippen LogP contribution in [0.4, 0.5) is 11.4 Å². The molecule has 0 aliphatic heterocycles. The number of carbonyl (C=O) groups excluding carboxylic acids is 1. The molecule has 0 radical (unpaired) electrons. The largest absolute Gasteiger partial charge is 0.483 e. The molecule has 3 aromatic rings. The maximum absolute atomic E-state index is 12.1. The lowest BCUT2D eigenvalue weighted by Crippen LogP contribution is -2.20. The summed E-state index contributed by atoms with van der Waals surface area (Å²) in [7, 11) is 0. The molecule has 1 amide bonds. The maximum Gasteiger partial charge on any atom is 0.262 e. The highest BCUT2D eigenvalue weighted by Gasteiger charge is 2.08. The van der Waals surface area contributed by atoms with Crippen LogP contribution in [0, 0.1) is 13.8 Å². The molecule has 4 nitrogen and oxygen atoms in total. The van der Waals surface area contributed by atoms with Gasteiger partial charge in [0.1, 0.15) is 5.75 Å². The van der Waals surface area contributed by atoms with Crippen molar-refractivity contribution in [1.29, 1.82) is 0 Å². The number of nitrogens with one attached hydrogen (secondary N) is 2. The minimum Gasteiger partial charge on any atom is -0.483 e. The van der Waals surface area contributed by atoms with Crippen LogP contribution in [0.2, 0.25) is 5.02 Å². The first-order valence-corrected chi connectivity index (χ1v) is 10.4. The summed E-state index contributed by atoms with van der Waals surface area (Å²) >= 11 is 9.60. The number of rotatable bonds is 7. The molecule has 0 aromatic heterocycles. The van der Waals surface area contributed by atoms with E-state index < -0.39 is 0 Å². The summed E-state index contributed by atoms with van der Waals surface area (Å²) in [5.41, 5.74) is 5.00. The fourth-order valence-electron chi connectivity index (χ4n) is 2.74. The van der Waals surface area contributed by atoms with Crippen LogP contribution in [0.5, 0.6) is 5.75 Å². The predicted molar refractivity (Wildman–Crippen MR) is 123 cm³/mol. The van der Waals surface area contributed by atoms with Crippen LogP contribution >= 0.6 is 27.5 Å². The van der Waals surface area contributed by atoms with E-state index in [1.165, 1.54) is 5.56 Å². The second-order valence-electron chi connectivity index (χ2n) is 6.79. The molecule has 0 saturated carbocycles. The van der Waals surface area contributed by atoms with Crippen molar-refractivity contribution < 1.29 is 9.53 Å². The standard InChI is InChI=1S/C23H22BrClN2O2/c1-15-4-3-5-18(10-15)26-13-17-7-9-22(20(24)11-17)29-14-23(28)27-19-8-6-16(2)21(25)12-19/h3-12,26H,13-14H2,1-2H3,(H,27,28). The zero-order valence-corrected chi connectivity index (χ0v) is 18.6. The van der Waals surface area contributed by atoms with Crippen LogP contribution in [-0.4, -0.2) is 12.5 Å². The van der Waals surface area contributed by atoms with Gasteiger partial charge in [-0.2, -0.15) is 0 Å². The van der Waals surface area contributed by atoms with Gasteiger partial charge >= 0.3 is 0 Å². The average molecular weight is 474 g/mol. The predicted octanol–water partition coefficient (Wildman–Crippen LogP) is 6.35. The van der Waals surface area contributed by atoms with E-state index in [0.29, 0.717) is 23.0 Å². The Balaban J connectivity index is 1.53. The third kappa shape index (κ3) is 6.24. The molecule has 0 aliphatic carbocycles. The third-order valence-electron chi connectivity index (χ3n) is 4.33. The Labute approximate surface area is 184 Å². The molecule has 2 N–H and O–H groups in total. The van der Waals surface area contributed by atoms with Crippen molar-refractivity contribution in [2.45, 2.75) is 20.4 Å². The van der Waals surface area contributed by atoms with Crippen LogP contribution < -0.4 is 15.4 Å². The second kappa shape index (κ2) is 9.81. The summed E-state index contributed by atoms with van der Waals surface area (Å²) in [6.45, 7) is 4.58. The first-order valence-electron chi connectivity index (χ1n) is 9.18. The SMILES string of the molecule is Cc1cccc(NCc2ccc(OCC(=O)Nc3ccc(C)c(Cl)c3)c(Br)c2)c1.